The fourth-order valence-corrected chi connectivity index (χ4v) is 2.44. The van der Waals surface area contributed by atoms with Crippen LogP contribution in [0.25, 0.3) is 0 Å². The third-order valence-corrected chi connectivity index (χ3v) is 3.75. The van der Waals surface area contributed by atoms with Gasteiger partial charge in [-0.1, -0.05) is 6.07 Å². The van der Waals surface area contributed by atoms with Gasteiger partial charge in [0.05, 0.1) is 26.3 Å². The summed E-state index contributed by atoms with van der Waals surface area (Å²) in [5.41, 5.74) is 3.56. The fourth-order valence-electron chi connectivity index (χ4n) is 2.44. The summed E-state index contributed by atoms with van der Waals surface area (Å²) in [6, 6.07) is 5.76. The van der Waals surface area contributed by atoms with E-state index in [1.165, 1.54) is 0 Å². The van der Waals surface area contributed by atoms with Crippen LogP contribution in [0.3, 0.4) is 0 Å². The first-order valence-electron chi connectivity index (χ1n) is 7.97. The third kappa shape index (κ3) is 7.86. The van der Waals surface area contributed by atoms with Crippen molar-refractivity contribution < 1.29 is 63.5 Å². The summed E-state index contributed by atoms with van der Waals surface area (Å²) in [4.78, 5) is 22.7. The summed E-state index contributed by atoms with van der Waals surface area (Å²) in [6.45, 7) is 2.55. The molecule has 3 heterocycles. The Morgan fingerprint density at radius 2 is 1.21 bits per heavy atom. The maximum atomic E-state index is 5.08. The van der Waals surface area contributed by atoms with Crippen molar-refractivity contribution in [3.63, 3.8) is 0 Å². The van der Waals surface area contributed by atoms with Crippen LogP contribution in [0.5, 0.6) is 0 Å². The fraction of sp³-hybridized carbons (Fsp3) is 0.471. The van der Waals surface area contributed by atoms with Gasteiger partial charge in [0.2, 0.25) is 0 Å². The van der Waals surface area contributed by atoms with E-state index in [2.05, 4.69) is 25.0 Å². The molecule has 2 aliphatic heterocycles. The molecule has 1 aromatic rings. The topological polar surface area (TPSA) is 80.8 Å². The first-order chi connectivity index (χ1) is 11.8. The van der Waals surface area contributed by atoms with Crippen LogP contribution in [-0.2, 0) is 26.3 Å². The quantitative estimate of drug-likeness (QED) is 0.362. The number of aromatic nitrogens is 1. The summed E-state index contributed by atoms with van der Waals surface area (Å²) < 4.78 is 10.2. The van der Waals surface area contributed by atoms with Crippen molar-refractivity contribution in [1.82, 2.24) is 4.98 Å². The van der Waals surface area contributed by atoms with Gasteiger partial charge in [-0.15, -0.1) is 0 Å². The average molecular weight is 493 g/mol. The summed E-state index contributed by atoms with van der Waals surface area (Å²) in [5.74, 6) is 1.34. The Kier molecular flexibility index (Phi) is 15.7. The maximum absolute atomic E-state index is 5.08. The Balaban J connectivity index is 0. The minimum Gasteiger partial charge on any atom is -1.00 e. The van der Waals surface area contributed by atoms with Crippen molar-refractivity contribution in [1.29, 1.82) is 0 Å². The first kappa shape index (κ1) is 29.3. The van der Waals surface area contributed by atoms with Crippen molar-refractivity contribution in [2.75, 3.05) is 40.5 Å². The Morgan fingerprint density at radius 3 is 1.61 bits per heavy atom. The summed E-state index contributed by atoms with van der Waals surface area (Å²) in [6.07, 6.45) is 1.59. The predicted octanol–water partition coefficient (Wildman–Crippen LogP) is -7.43. The van der Waals surface area contributed by atoms with Crippen molar-refractivity contribution >= 4 is 23.1 Å². The van der Waals surface area contributed by atoms with Crippen LogP contribution in [0.15, 0.2) is 38.2 Å². The van der Waals surface area contributed by atoms with Gasteiger partial charge in [-0.2, -0.15) is 0 Å². The zero-order valence-electron chi connectivity index (χ0n) is 15.5. The molecular weight excluding hydrogens is 472 g/mol. The molecule has 0 aliphatic carbocycles. The minimum absolute atomic E-state index is 0. The zero-order chi connectivity index (χ0) is 16.8. The Hall–Kier alpha value is -0.874. The number of pyridine rings is 1. The van der Waals surface area contributed by atoms with Crippen LogP contribution >= 0.6 is 0 Å². The van der Waals surface area contributed by atoms with E-state index in [9.17, 15) is 0 Å². The van der Waals surface area contributed by atoms with Crippen LogP contribution < -0.4 is 37.2 Å². The summed E-state index contributed by atoms with van der Waals surface area (Å²) in [5, 5.41) is 0. The summed E-state index contributed by atoms with van der Waals surface area (Å²) >= 11 is 0. The molecule has 0 unspecified atom stereocenters. The monoisotopic (exact) mass is 491 g/mol. The molecular formula is C17H21Cl3CoN5O2. The van der Waals surface area contributed by atoms with Gasteiger partial charge in [-0.3, -0.25) is 9.98 Å². The number of aliphatic imine (C=N–C) groups is 4. The van der Waals surface area contributed by atoms with Crippen molar-refractivity contribution in [3.8, 4) is 0 Å². The predicted molar refractivity (Wildman–Crippen MR) is 94.9 cm³/mol. The van der Waals surface area contributed by atoms with Crippen molar-refractivity contribution in [2.45, 2.75) is 12.8 Å². The van der Waals surface area contributed by atoms with E-state index in [-0.39, 0.29) is 54.0 Å². The molecule has 0 spiro atoms. The van der Waals surface area contributed by atoms with Crippen molar-refractivity contribution in [2.24, 2.45) is 20.0 Å². The second-order valence-electron chi connectivity index (χ2n) is 5.53. The molecule has 0 N–H and O–H groups in total. The Bertz CT molecular complexity index is 684. The van der Waals surface area contributed by atoms with E-state index in [0.717, 1.165) is 35.7 Å². The largest absolute Gasteiger partial charge is 3.00 e. The number of methoxy groups -OCH3 is 2. The molecule has 0 amide bonds. The molecule has 0 fully saturated rings. The average Bonchev–Trinajstić information content (AvgIpc) is 3.28. The molecule has 156 valence electrons. The Labute approximate surface area is 194 Å². The molecule has 1 aromatic heterocycles. The van der Waals surface area contributed by atoms with Crippen LogP contribution in [0, 0.1) is 0 Å². The van der Waals surface area contributed by atoms with Crippen molar-refractivity contribution in [3.05, 3.63) is 29.6 Å². The van der Waals surface area contributed by atoms with Crippen LogP contribution in [0.2, 0.25) is 0 Å². The van der Waals surface area contributed by atoms with Gasteiger partial charge in [-0.05, 0) is 12.1 Å². The molecule has 0 atom stereocenters. The van der Waals surface area contributed by atoms with E-state index in [4.69, 9.17) is 9.47 Å². The molecule has 0 aromatic carbocycles. The molecule has 0 radical (unpaired) electrons. The first-order valence-corrected chi connectivity index (χ1v) is 7.97. The van der Waals surface area contributed by atoms with E-state index < -0.39 is 0 Å². The molecule has 28 heavy (non-hydrogen) atoms. The second-order valence-corrected chi connectivity index (χ2v) is 5.53. The number of ether oxygens (including phenoxy) is 2. The van der Waals surface area contributed by atoms with Gasteiger partial charge in [0.25, 0.3) is 0 Å². The van der Waals surface area contributed by atoms with E-state index in [1.54, 1.807) is 14.2 Å². The van der Waals surface area contributed by atoms with Gasteiger partial charge < -0.3 is 46.7 Å². The number of amidine groups is 2. The molecule has 2 aliphatic rings. The van der Waals surface area contributed by atoms with Crippen LogP contribution in [-0.4, -0.2) is 68.6 Å². The minimum atomic E-state index is 0. The molecule has 0 bridgehead atoms. The number of halogens is 3. The van der Waals surface area contributed by atoms with E-state index >= 15 is 0 Å². The van der Waals surface area contributed by atoms with Gasteiger partial charge in [-0.25, -0.2) is 15.0 Å². The number of hydrogen-bond donors (Lipinski definition) is 0. The van der Waals surface area contributed by atoms with Gasteiger partial charge in [0.15, 0.2) is 11.7 Å². The third-order valence-electron chi connectivity index (χ3n) is 3.75. The van der Waals surface area contributed by atoms with Crippen LogP contribution in [0.4, 0.5) is 0 Å². The maximum Gasteiger partial charge on any atom is 3.00 e. The number of nitrogens with zero attached hydrogens (tertiary/aromatic N) is 5. The van der Waals surface area contributed by atoms with Gasteiger partial charge in [0.1, 0.15) is 11.4 Å². The SMILES string of the molecule is COCCC1=NC(c2cccc(C3=NCC(CCOC)=N3)n2)=NC1.[Cl-].[Cl-].[Cl-].[Co+3]. The molecule has 7 nitrogen and oxygen atoms in total. The molecule has 3 rings (SSSR count). The molecule has 11 heteroatoms. The van der Waals surface area contributed by atoms with Gasteiger partial charge in [0, 0.05) is 38.5 Å². The number of rotatable bonds is 8. The normalized spacial score (nSPS) is 14.4. The van der Waals surface area contributed by atoms with E-state index in [0.29, 0.717) is 38.0 Å². The van der Waals surface area contributed by atoms with E-state index in [1.807, 2.05) is 18.2 Å². The number of hydrogen-bond acceptors (Lipinski definition) is 7. The Morgan fingerprint density at radius 1 is 0.786 bits per heavy atom. The second kappa shape index (κ2) is 15.0. The summed E-state index contributed by atoms with van der Waals surface area (Å²) in [7, 11) is 3.37. The standard InChI is InChI=1S/C17H21N5O2.3ClH.Co/c1-23-8-6-12-10-18-16(20-12)14-4-3-5-15(22-14)17-19-11-13(21-17)7-9-24-2;;;;/h3-5H,6-11H2,1-2H3;3*1H;/q;;;;+3/p-3. The van der Waals surface area contributed by atoms with Crippen LogP contribution in [0.1, 0.15) is 24.2 Å². The molecule has 0 saturated carbocycles. The van der Waals surface area contributed by atoms with Gasteiger partial charge >= 0.3 is 16.8 Å². The smallest absolute Gasteiger partial charge is 1.00 e. The zero-order valence-corrected chi connectivity index (χ0v) is 18.8. The molecule has 0 saturated heterocycles.